The Labute approximate surface area is 175 Å². The normalized spacial score (nSPS) is 10.4. The lowest BCUT2D eigenvalue weighted by molar-refractivity contribution is 0.0919. The van der Waals surface area contributed by atoms with E-state index in [0.717, 1.165) is 5.56 Å². The van der Waals surface area contributed by atoms with Gasteiger partial charge in [-0.3, -0.25) is 4.79 Å². The minimum Gasteiger partial charge on any atom is -0.493 e. The second kappa shape index (κ2) is 10.2. The van der Waals surface area contributed by atoms with Crippen molar-refractivity contribution in [3.8, 4) is 23.0 Å². The van der Waals surface area contributed by atoms with Gasteiger partial charge >= 0.3 is 0 Å². The van der Waals surface area contributed by atoms with Gasteiger partial charge in [0.15, 0.2) is 28.8 Å². The van der Waals surface area contributed by atoms with Crippen LogP contribution in [0.4, 0.5) is 0 Å². The molecule has 1 amide bonds. The van der Waals surface area contributed by atoms with E-state index in [1.54, 1.807) is 32.4 Å². The van der Waals surface area contributed by atoms with Crippen LogP contribution in [0.15, 0.2) is 59.0 Å². The number of carbonyl (C=O) groups is 1. The number of carbonyl (C=O) groups excluding carboxylic acids is 1. The number of methoxy groups -OCH3 is 2. The standard InChI is InChI=1S/C23H25NO6/c1-4-28-20-11-9-16(13-22(20)27-3)14-24-23(25)21-12-10-17(30-21)15-29-19-8-6-5-7-18(19)26-2/h5-13H,4,14-15H2,1-3H3,(H,24,25). The van der Waals surface area contributed by atoms with Crippen molar-refractivity contribution in [3.05, 3.63) is 71.7 Å². The van der Waals surface area contributed by atoms with Crippen molar-refractivity contribution >= 4 is 5.91 Å². The Hall–Kier alpha value is -3.61. The minimum absolute atomic E-state index is 0.184. The van der Waals surface area contributed by atoms with Gasteiger partial charge in [-0.15, -0.1) is 0 Å². The maximum absolute atomic E-state index is 12.4. The summed E-state index contributed by atoms with van der Waals surface area (Å²) < 4.78 is 27.4. The molecule has 0 saturated carbocycles. The van der Waals surface area contributed by atoms with E-state index < -0.39 is 0 Å². The van der Waals surface area contributed by atoms with Crippen LogP contribution in [0.2, 0.25) is 0 Å². The van der Waals surface area contributed by atoms with Crippen LogP contribution in [0.1, 0.15) is 28.8 Å². The maximum atomic E-state index is 12.4. The summed E-state index contributed by atoms with van der Waals surface area (Å²) in [6.45, 7) is 2.97. The molecule has 1 aromatic heterocycles. The van der Waals surface area contributed by atoms with E-state index in [0.29, 0.717) is 41.9 Å². The Kier molecular flexibility index (Phi) is 7.21. The Morgan fingerprint density at radius 2 is 1.63 bits per heavy atom. The van der Waals surface area contributed by atoms with Gasteiger partial charge in [-0.2, -0.15) is 0 Å². The van der Waals surface area contributed by atoms with Crippen molar-refractivity contribution in [2.45, 2.75) is 20.1 Å². The largest absolute Gasteiger partial charge is 0.493 e. The molecule has 0 unspecified atom stereocenters. The number of furan rings is 1. The van der Waals surface area contributed by atoms with E-state index in [-0.39, 0.29) is 18.3 Å². The van der Waals surface area contributed by atoms with Gasteiger partial charge in [0.25, 0.3) is 5.91 Å². The van der Waals surface area contributed by atoms with Gasteiger partial charge in [0.2, 0.25) is 0 Å². The van der Waals surface area contributed by atoms with Crippen molar-refractivity contribution in [2.24, 2.45) is 0 Å². The quantitative estimate of drug-likeness (QED) is 0.539. The molecule has 0 fully saturated rings. The highest BCUT2D eigenvalue weighted by atomic mass is 16.5. The predicted octanol–water partition coefficient (Wildman–Crippen LogP) is 4.20. The number of ether oxygens (including phenoxy) is 4. The van der Waals surface area contributed by atoms with Crippen LogP contribution >= 0.6 is 0 Å². The molecular formula is C23H25NO6. The molecule has 0 aliphatic heterocycles. The maximum Gasteiger partial charge on any atom is 0.287 e. The zero-order chi connectivity index (χ0) is 21.3. The van der Waals surface area contributed by atoms with Gasteiger partial charge in [0.1, 0.15) is 12.4 Å². The zero-order valence-electron chi connectivity index (χ0n) is 17.3. The van der Waals surface area contributed by atoms with E-state index in [1.807, 2.05) is 43.3 Å². The second-order valence-corrected chi connectivity index (χ2v) is 6.31. The molecule has 2 aromatic carbocycles. The first-order valence-electron chi connectivity index (χ1n) is 9.57. The highest BCUT2D eigenvalue weighted by Crippen LogP contribution is 2.28. The third kappa shape index (κ3) is 5.26. The van der Waals surface area contributed by atoms with Crippen LogP contribution in [-0.4, -0.2) is 26.7 Å². The fraction of sp³-hybridized carbons (Fsp3) is 0.261. The molecule has 3 aromatic rings. The van der Waals surface area contributed by atoms with Crippen LogP contribution in [0.25, 0.3) is 0 Å². The Morgan fingerprint density at radius 1 is 0.900 bits per heavy atom. The van der Waals surface area contributed by atoms with E-state index >= 15 is 0 Å². The van der Waals surface area contributed by atoms with Crippen LogP contribution in [0, 0.1) is 0 Å². The van der Waals surface area contributed by atoms with E-state index in [9.17, 15) is 4.79 Å². The summed E-state index contributed by atoms with van der Waals surface area (Å²) in [6, 6.07) is 16.2. The molecule has 7 nitrogen and oxygen atoms in total. The summed E-state index contributed by atoms with van der Waals surface area (Å²) >= 11 is 0. The van der Waals surface area contributed by atoms with Gasteiger partial charge in [0, 0.05) is 6.54 Å². The third-order valence-corrected chi connectivity index (χ3v) is 4.31. The van der Waals surface area contributed by atoms with Crippen molar-refractivity contribution in [2.75, 3.05) is 20.8 Å². The van der Waals surface area contributed by atoms with Crippen LogP contribution in [0.5, 0.6) is 23.0 Å². The lowest BCUT2D eigenvalue weighted by Gasteiger charge is -2.11. The fourth-order valence-electron chi connectivity index (χ4n) is 2.83. The molecule has 1 heterocycles. The Morgan fingerprint density at radius 3 is 2.37 bits per heavy atom. The number of hydrogen-bond acceptors (Lipinski definition) is 6. The average molecular weight is 411 g/mol. The first-order valence-corrected chi connectivity index (χ1v) is 9.57. The highest BCUT2D eigenvalue weighted by Gasteiger charge is 2.13. The zero-order valence-corrected chi connectivity index (χ0v) is 17.3. The van der Waals surface area contributed by atoms with Gasteiger partial charge in [0.05, 0.1) is 20.8 Å². The van der Waals surface area contributed by atoms with Crippen molar-refractivity contribution < 1.29 is 28.2 Å². The third-order valence-electron chi connectivity index (χ3n) is 4.31. The smallest absolute Gasteiger partial charge is 0.287 e. The molecule has 0 atom stereocenters. The second-order valence-electron chi connectivity index (χ2n) is 6.31. The van der Waals surface area contributed by atoms with Gasteiger partial charge in [-0.1, -0.05) is 18.2 Å². The lowest BCUT2D eigenvalue weighted by Crippen LogP contribution is -2.22. The summed E-state index contributed by atoms with van der Waals surface area (Å²) in [5.74, 6) is 2.96. The number of amides is 1. The molecule has 0 aliphatic carbocycles. The van der Waals surface area contributed by atoms with Crippen LogP contribution in [0.3, 0.4) is 0 Å². The monoisotopic (exact) mass is 411 g/mol. The minimum atomic E-state index is -0.314. The van der Waals surface area contributed by atoms with Crippen molar-refractivity contribution in [3.63, 3.8) is 0 Å². The Bertz CT molecular complexity index is 981. The first-order chi connectivity index (χ1) is 14.6. The summed E-state index contributed by atoms with van der Waals surface area (Å²) in [4.78, 5) is 12.4. The number of benzene rings is 2. The molecule has 0 aliphatic rings. The molecule has 3 rings (SSSR count). The molecule has 0 saturated heterocycles. The SMILES string of the molecule is CCOc1ccc(CNC(=O)c2ccc(COc3ccccc3OC)o2)cc1OC. The number of nitrogens with one attached hydrogen (secondary N) is 1. The lowest BCUT2D eigenvalue weighted by atomic mass is 10.2. The van der Waals surface area contributed by atoms with E-state index in [4.69, 9.17) is 23.4 Å². The van der Waals surface area contributed by atoms with Gasteiger partial charge < -0.3 is 28.7 Å². The molecule has 30 heavy (non-hydrogen) atoms. The molecule has 0 bridgehead atoms. The molecule has 1 N–H and O–H groups in total. The predicted molar refractivity (Wildman–Crippen MR) is 111 cm³/mol. The summed E-state index contributed by atoms with van der Waals surface area (Å²) in [6.07, 6.45) is 0. The summed E-state index contributed by atoms with van der Waals surface area (Å²) in [5.41, 5.74) is 0.884. The molecule has 0 spiro atoms. The molecule has 158 valence electrons. The topological polar surface area (TPSA) is 79.2 Å². The molecule has 7 heteroatoms. The Balaban J connectivity index is 1.56. The van der Waals surface area contributed by atoms with E-state index in [1.165, 1.54) is 0 Å². The number of para-hydroxylation sites is 2. The van der Waals surface area contributed by atoms with Gasteiger partial charge in [-0.05, 0) is 48.9 Å². The summed E-state index contributed by atoms with van der Waals surface area (Å²) in [5, 5.41) is 2.83. The van der Waals surface area contributed by atoms with Crippen LogP contribution in [-0.2, 0) is 13.2 Å². The van der Waals surface area contributed by atoms with Crippen molar-refractivity contribution in [1.29, 1.82) is 0 Å². The highest BCUT2D eigenvalue weighted by molar-refractivity contribution is 5.91. The van der Waals surface area contributed by atoms with Crippen LogP contribution < -0.4 is 24.3 Å². The average Bonchev–Trinajstić information content (AvgIpc) is 3.26. The molecule has 0 radical (unpaired) electrons. The fourth-order valence-corrected chi connectivity index (χ4v) is 2.83. The van der Waals surface area contributed by atoms with E-state index in [2.05, 4.69) is 5.32 Å². The summed E-state index contributed by atoms with van der Waals surface area (Å²) in [7, 11) is 3.16. The van der Waals surface area contributed by atoms with Gasteiger partial charge in [-0.25, -0.2) is 0 Å². The number of rotatable bonds is 10. The molecular weight excluding hydrogens is 386 g/mol. The van der Waals surface area contributed by atoms with Crippen molar-refractivity contribution in [1.82, 2.24) is 5.32 Å². The first kappa shape index (κ1) is 21.1. The number of hydrogen-bond donors (Lipinski definition) is 1.